The molecule has 0 bridgehead atoms. The Bertz CT molecular complexity index is 2300. The molecule has 46 heavy (non-hydrogen) atoms. The Morgan fingerprint density at radius 3 is 1.80 bits per heavy atom. The molecule has 1 aromatic heterocycles. The zero-order valence-electron chi connectivity index (χ0n) is 25.4. The molecule has 1 heterocycles. The summed E-state index contributed by atoms with van der Waals surface area (Å²) in [5.74, 6) is 0. The van der Waals surface area contributed by atoms with Gasteiger partial charge in [0.15, 0.2) is 0 Å². The first-order valence-electron chi connectivity index (χ1n) is 15.3. The summed E-state index contributed by atoms with van der Waals surface area (Å²) in [6, 6.07) is 45.3. The van der Waals surface area contributed by atoms with Crippen molar-refractivity contribution in [3.63, 3.8) is 0 Å². The van der Waals surface area contributed by atoms with E-state index in [0.29, 0.717) is 0 Å². The van der Waals surface area contributed by atoms with Crippen LogP contribution in [0.5, 0.6) is 0 Å². The number of nitrogens with two attached hydrogens (primary N) is 1. The standard InChI is InChI=1S/C43H33N3/c1-3-11-35(28-45)32-16-19-39-34(22-32)18-21-41-40-20-17-33(29(4-2)27-44)26-42(40)46(43(39)41)38-24-36(30-12-7-5-8-13-30)23-37(25-38)31-14-9-6-10-15-31/h3-28,45H,1-2,44H2/b29-27+,35-11+,45-28?. The Kier molecular flexibility index (Phi) is 7.49. The number of nitrogens with zero attached hydrogens (tertiary/aromatic N) is 1. The highest BCUT2D eigenvalue weighted by atomic mass is 15.0. The molecule has 3 N–H and O–H groups in total. The van der Waals surface area contributed by atoms with Crippen molar-refractivity contribution in [2.45, 2.75) is 0 Å². The maximum absolute atomic E-state index is 7.96. The van der Waals surface area contributed by atoms with Gasteiger partial charge in [0, 0.05) is 34.3 Å². The molecule has 7 aromatic rings. The van der Waals surface area contributed by atoms with E-state index < -0.39 is 0 Å². The average Bonchev–Trinajstić information content (AvgIpc) is 3.45. The minimum atomic E-state index is 0.816. The molecule has 0 radical (unpaired) electrons. The Morgan fingerprint density at radius 2 is 1.22 bits per heavy atom. The summed E-state index contributed by atoms with van der Waals surface area (Å²) in [5.41, 5.74) is 17.6. The highest BCUT2D eigenvalue weighted by molar-refractivity contribution is 6.20. The Hall–Kier alpha value is -6.19. The smallest absolute Gasteiger partial charge is 0.0619 e. The second-order valence-electron chi connectivity index (χ2n) is 11.3. The van der Waals surface area contributed by atoms with Crippen LogP contribution in [0.2, 0.25) is 0 Å². The molecule has 0 saturated carbocycles. The summed E-state index contributed by atoms with van der Waals surface area (Å²) < 4.78 is 2.39. The van der Waals surface area contributed by atoms with E-state index in [9.17, 15) is 0 Å². The number of rotatable bonds is 8. The quantitative estimate of drug-likeness (QED) is 0.134. The van der Waals surface area contributed by atoms with Crippen LogP contribution in [0.4, 0.5) is 0 Å². The van der Waals surface area contributed by atoms with Crippen molar-refractivity contribution < 1.29 is 0 Å². The third-order valence-corrected chi connectivity index (χ3v) is 8.65. The molecule has 0 saturated heterocycles. The summed E-state index contributed by atoms with van der Waals surface area (Å²) in [6.07, 6.45) is 8.38. The number of nitrogens with one attached hydrogen (secondary N) is 1. The molecule has 0 fully saturated rings. The molecular formula is C43H33N3. The van der Waals surface area contributed by atoms with Crippen LogP contribution in [0.15, 0.2) is 165 Å². The fourth-order valence-corrected chi connectivity index (χ4v) is 6.44. The lowest BCUT2D eigenvalue weighted by Gasteiger charge is -2.15. The van der Waals surface area contributed by atoms with Crippen LogP contribution in [-0.4, -0.2) is 10.8 Å². The van der Waals surface area contributed by atoms with Gasteiger partial charge in [0.2, 0.25) is 0 Å². The van der Waals surface area contributed by atoms with Crippen molar-refractivity contribution >= 4 is 49.9 Å². The van der Waals surface area contributed by atoms with Gasteiger partial charge in [-0.05, 0) is 80.2 Å². The topological polar surface area (TPSA) is 54.8 Å². The van der Waals surface area contributed by atoms with Crippen LogP contribution in [0.1, 0.15) is 11.1 Å². The van der Waals surface area contributed by atoms with Crippen LogP contribution in [-0.2, 0) is 0 Å². The lowest BCUT2D eigenvalue weighted by Crippen LogP contribution is -1.97. The second-order valence-corrected chi connectivity index (χ2v) is 11.3. The van der Waals surface area contributed by atoms with Crippen LogP contribution >= 0.6 is 0 Å². The van der Waals surface area contributed by atoms with E-state index in [4.69, 9.17) is 11.1 Å². The molecule has 220 valence electrons. The van der Waals surface area contributed by atoms with E-state index in [1.165, 1.54) is 11.6 Å². The first kappa shape index (κ1) is 28.6. The average molecular weight is 592 g/mol. The maximum Gasteiger partial charge on any atom is 0.0619 e. The molecule has 6 aromatic carbocycles. The first-order valence-corrected chi connectivity index (χ1v) is 15.3. The van der Waals surface area contributed by atoms with Gasteiger partial charge >= 0.3 is 0 Å². The molecule has 3 nitrogen and oxygen atoms in total. The van der Waals surface area contributed by atoms with Gasteiger partial charge in [-0.3, -0.25) is 0 Å². The number of aromatic nitrogens is 1. The van der Waals surface area contributed by atoms with E-state index in [-0.39, 0.29) is 0 Å². The molecule has 0 amide bonds. The third-order valence-electron chi connectivity index (χ3n) is 8.65. The van der Waals surface area contributed by atoms with Gasteiger partial charge in [0.05, 0.1) is 11.0 Å². The predicted octanol–water partition coefficient (Wildman–Crippen LogP) is 11.0. The first-order chi connectivity index (χ1) is 22.6. The summed E-state index contributed by atoms with van der Waals surface area (Å²) in [5, 5.41) is 12.5. The Balaban J connectivity index is 1.61. The van der Waals surface area contributed by atoms with Gasteiger partial charge < -0.3 is 15.7 Å². The number of fused-ring (bicyclic) bond motifs is 5. The largest absolute Gasteiger partial charge is 0.404 e. The number of allylic oxidation sites excluding steroid dienone is 5. The summed E-state index contributed by atoms with van der Waals surface area (Å²) in [6.45, 7) is 7.84. The van der Waals surface area contributed by atoms with E-state index in [1.807, 2.05) is 6.08 Å². The van der Waals surface area contributed by atoms with Crippen LogP contribution < -0.4 is 5.73 Å². The van der Waals surface area contributed by atoms with Crippen LogP contribution in [0.25, 0.3) is 71.7 Å². The Labute approximate surface area is 269 Å². The minimum Gasteiger partial charge on any atom is -0.404 e. The van der Waals surface area contributed by atoms with E-state index in [0.717, 1.165) is 77.4 Å². The molecule has 7 rings (SSSR count). The van der Waals surface area contributed by atoms with Gasteiger partial charge in [0.25, 0.3) is 0 Å². The van der Waals surface area contributed by atoms with E-state index >= 15 is 0 Å². The van der Waals surface area contributed by atoms with Gasteiger partial charge in [-0.25, -0.2) is 0 Å². The molecule has 0 aliphatic heterocycles. The molecule has 0 atom stereocenters. The molecule has 3 heteroatoms. The zero-order chi connectivity index (χ0) is 31.6. The highest BCUT2D eigenvalue weighted by Gasteiger charge is 2.18. The number of hydrogen-bond acceptors (Lipinski definition) is 2. The molecular weight excluding hydrogens is 558 g/mol. The SMILES string of the molecule is C=C/C=C(\C=N)c1ccc2c(ccc3c4ccc(/C(C=C)=C/N)cc4n(-c4cc(-c5ccccc5)cc(-c5ccccc5)c4)c23)c1. The lowest BCUT2D eigenvalue weighted by atomic mass is 9.97. The van der Waals surface area contributed by atoms with Gasteiger partial charge in [-0.1, -0.05) is 128 Å². The van der Waals surface area contributed by atoms with Crippen molar-refractivity contribution in [2.24, 2.45) is 5.73 Å². The van der Waals surface area contributed by atoms with Crippen molar-refractivity contribution in [3.8, 4) is 27.9 Å². The monoisotopic (exact) mass is 591 g/mol. The summed E-state index contributed by atoms with van der Waals surface area (Å²) >= 11 is 0. The van der Waals surface area contributed by atoms with Gasteiger partial charge in [-0.2, -0.15) is 0 Å². The summed E-state index contributed by atoms with van der Waals surface area (Å²) in [4.78, 5) is 0. The molecule has 0 aliphatic carbocycles. The molecule has 0 unspecified atom stereocenters. The summed E-state index contributed by atoms with van der Waals surface area (Å²) in [7, 11) is 0. The zero-order valence-corrected chi connectivity index (χ0v) is 25.4. The number of hydrogen-bond donors (Lipinski definition) is 2. The van der Waals surface area contributed by atoms with E-state index in [1.54, 1.807) is 18.4 Å². The van der Waals surface area contributed by atoms with Crippen molar-refractivity contribution in [2.75, 3.05) is 0 Å². The molecule has 0 aliphatic rings. The van der Waals surface area contributed by atoms with E-state index in [2.05, 4.69) is 145 Å². The molecule has 0 spiro atoms. The fourth-order valence-electron chi connectivity index (χ4n) is 6.44. The van der Waals surface area contributed by atoms with Crippen molar-refractivity contribution in [3.05, 3.63) is 176 Å². The predicted molar refractivity (Wildman–Crippen MR) is 198 cm³/mol. The van der Waals surface area contributed by atoms with Gasteiger partial charge in [-0.15, -0.1) is 0 Å². The van der Waals surface area contributed by atoms with Crippen molar-refractivity contribution in [1.82, 2.24) is 4.57 Å². The van der Waals surface area contributed by atoms with Crippen LogP contribution in [0, 0.1) is 5.41 Å². The van der Waals surface area contributed by atoms with Crippen molar-refractivity contribution in [1.29, 1.82) is 5.41 Å². The Morgan fingerprint density at radius 1 is 0.609 bits per heavy atom. The fraction of sp³-hybridized carbons (Fsp3) is 0. The second kappa shape index (κ2) is 12.1. The van der Waals surface area contributed by atoms with Crippen LogP contribution in [0.3, 0.4) is 0 Å². The third kappa shape index (κ3) is 4.94. The highest BCUT2D eigenvalue weighted by Crippen LogP contribution is 2.40. The number of benzene rings is 6. The van der Waals surface area contributed by atoms with Gasteiger partial charge in [0.1, 0.15) is 0 Å². The minimum absolute atomic E-state index is 0.816. The maximum atomic E-state index is 7.96. The lowest BCUT2D eigenvalue weighted by molar-refractivity contribution is 1.19. The normalized spacial score (nSPS) is 12.1.